The molecule has 0 unspecified atom stereocenters. The lowest BCUT2D eigenvalue weighted by molar-refractivity contribution is -0.286. The van der Waals surface area contributed by atoms with E-state index in [9.17, 15) is 35.5 Å². The normalized spacial score (nSPS) is 17.5. The van der Waals surface area contributed by atoms with Gasteiger partial charge in [0.05, 0.1) is 23.1 Å². The maximum atomic E-state index is 14.8. The minimum atomic E-state index is -4.85. The van der Waals surface area contributed by atoms with Crippen LogP contribution < -0.4 is 18.9 Å². The van der Waals surface area contributed by atoms with Gasteiger partial charge >= 0.3 is 18.4 Å². The number of carboxylic acids is 1. The van der Waals surface area contributed by atoms with Crippen LogP contribution in [-0.2, 0) is 12.6 Å². The van der Waals surface area contributed by atoms with Crippen molar-refractivity contribution in [3.8, 4) is 28.7 Å². The van der Waals surface area contributed by atoms with Crippen LogP contribution in [0.2, 0.25) is 0 Å². The third kappa shape index (κ3) is 5.79. The second-order valence-electron chi connectivity index (χ2n) is 10.2. The fraction of sp³-hybridized carbons (Fsp3) is 0.276. The van der Waals surface area contributed by atoms with Crippen molar-refractivity contribution < 1.29 is 59.6 Å². The van der Waals surface area contributed by atoms with E-state index in [0.29, 0.717) is 12.5 Å². The highest BCUT2D eigenvalue weighted by molar-refractivity contribution is 5.87. The Kier molecular flexibility index (Phi) is 7.24. The molecule has 2 aromatic carbocycles. The average molecular weight is 639 g/mol. The van der Waals surface area contributed by atoms with E-state index in [0.717, 1.165) is 23.0 Å². The molecular weight excluding hydrogens is 619 g/mol. The van der Waals surface area contributed by atoms with Gasteiger partial charge in [0.15, 0.2) is 22.9 Å². The van der Waals surface area contributed by atoms with Gasteiger partial charge in [0.1, 0.15) is 23.8 Å². The number of alkyl halides is 5. The third-order valence-corrected chi connectivity index (χ3v) is 7.17. The van der Waals surface area contributed by atoms with Crippen LogP contribution >= 0.6 is 0 Å². The van der Waals surface area contributed by atoms with Gasteiger partial charge in [-0.15, -0.1) is 8.78 Å². The molecule has 16 heteroatoms. The van der Waals surface area contributed by atoms with Crippen LogP contribution in [0, 0.1) is 11.8 Å². The number of aromatic nitrogens is 3. The number of nitrogens with zero attached hydrogens (tertiary/aromatic N) is 3. The Hall–Kier alpha value is -5.02. The second-order valence-corrected chi connectivity index (χ2v) is 10.2. The summed E-state index contributed by atoms with van der Waals surface area (Å²) in [5, 5.41) is 12.9. The lowest BCUT2D eigenvalue weighted by atomic mass is 9.93. The van der Waals surface area contributed by atoms with Gasteiger partial charge in [-0.25, -0.2) is 18.9 Å². The molecule has 2 aromatic heterocycles. The molecule has 0 radical (unpaired) electrons. The van der Waals surface area contributed by atoms with E-state index in [-0.39, 0.29) is 46.7 Å². The molecule has 0 fully saturated rings. The van der Waals surface area contributed by atoms with E-state index in [1.165, 1.54) is 31.2 Å². The monoisotopic (exact) mass is 639 g/mol. The van der Waals surface area contributed by atoms with Crippen LogP contribution in [0.3, 0.4) is 0 Å². The number of pyridine rings is 1. The molecule has 4 aromatic rings. The Morgan fingerprint density at radius 1 is 1.11 bits per heavy atom. The number of halogens is 7. The van der Waals surface area contributed by atoms with Crippen molar-refractivity contribution in [1.29, 1.82) is 0 Å². The van der Waals surface area contributed by atoms with Crippen molar-refractivity contribution in [2.75, 3.05) is 0 Å². The summed E-state index contributed by atoms with van der Waals surface area (Å²) in [7, 11) is 0. The number of ether oxygens (including phenoxy) is 4. The summed E-state index contributed by atoms with van der Waals surface area (Å²) in [5.41, 5.74) is -1.77. The van der Waals surface area contributed by atoms with Gasteiger partial charge in [0.25, 0.3) is 5.95 Å². The molecular formula is C29H20F7N3O6. The highest BCUT2D eigenvalue weighted by atomic mass is 19.4. The largest absolute Gasteiger partial charge is 0.586 e. The molecule has 1 aliphatic carbocycles. The lowest BCUT2D eigenvalue weighted by Crippen LogP contribution is -2.25. The first kappa shape index (κ1) is 30.0. The Labute approximate surface area is 248 Å². The summed E-state index contributed by atoms with van der Waals surface area (Å²) < 4.78 is 120. The summed E-state index contributed by atoms with van der Waals surface area (Å²) >= 11 is 0. The van der Waals surface area contributed by atoms with Crippen molar-refractivity contribution in [3.05, 3.63) is 88.5 Å². The molecule has 2 atom stereocenters. The molecule has 0 amide bonds. The predicted octanol–water partition coefficient (Wildman–Crippen LogP) is 7.18. The quantitative estimate of drug-likeness (QED) is 0.168. The van der Waals surface area contributed by atoms with Crippen molar-refractivity contribution >= 4 is 5.97 Å². The lowest BCUT2D eigenvalue weighted by Gasteiger charge is -2.26. The Morgan fingerprint density at radius 2 is 1.80 bits per heavy atom. The third-order valence-electron chi connectivity index (χ3n) is 7.17. The van der Waals surface area contributed by atoms with E-state index < -0.39 is 65.4 Å². The SMILES string of the molecule is C[C@H](Oc1cc(-n2nc(C(F)(F)F)c3c2[C@@H](Oc2ccc(C(=O)O)cc2)CCC3)cnc1F)c1cc2c(cc1F)OC(F)(F)O2. The van der Waals surface area contributed by atoms with E-state index in [4.69, 9.17) is 14.6 Å². The van der Waals surface area contributed by atoms with Crippen LogP contribution in [0.1, 0.15) is 64.8 Å². The van der Waals surface area contributed by atoms with Crippen molar-refractivity contribution in [2.45, 2.75) is 50.9 Å². The fourth-order valence-corrected chi connectivity index (χ4v) is 5.19. The van der Waals surface area contributed by atoms with Gasteiger partial charge in [-0.2, -0.15) is 22.7 Å². The smallest absolute Gasteiger partial charge is 0.484 e. The van der Waals surface area contributed by atoms with Gasteiger partial charge in [0.2, 0.25) is 0 Å². The molecule has 0 spiro atoms. The molecule has 2 aliphatic rings. The molecule has 3 heterocycles. The molecule has 45 heavy (non-hydrogen) atoms. The molecule has 1 aliphatic heterocycles. The van der Waals surface area contributed by atoms with Crippen LogP contribution in [0.5, 0.6) is 23.0 Å². The minimum absolute atomic E-state index is 0.0133. The maximum Gasteiger partial charge on any atom is 0.586 e. The van der Waals surface area contributed by atoms with Gasteiger partial charge in [-0.05, 0) is 56.5 Å². The van der Waals surface area contributed by atoms with E-state index in [1.807, 2.05) is 0 Å². The first-order valence-electron chi connectivity index (χ1n) is 13.3. The van der Waals surface area contributed by atoms with Crippen molar-refractivity contribution in [3.63, 3.8) is 0 Å². The Bertz CT molecular complexity index is 1790. The van der Waals surface area contributed by atoms with E-state index >= 15 is 0 Å². The van der Waals surface area contributed by atoms with Crippen LogP contribution in [0.25, 0.3) is 5.69 Å². The highest BCUT2D eigenvalue weighted by Crippen LogP contribution is 2.45. The summed E-state index contributed by atoms with van der Waals surface area (Å²) in [6.45, 7) is 1.28. The number of carboxylic acid groups (broad SMARTS) is 1. The average Bonchev–Trinajstić information content (AvgIpc) is 3.51. The predicted molar refractivity (Wildman–Crippen MR) is 138 cm³/mol. The standard InChI is InChI=1S/C29H20F7N3O6/c1-13(18-10-21-22(11-19(18)30)45-29(35,36)44-21)42-23-9-15(12-37-26(23)31)39-24-17(25(38-39)28(32,33)34)3-2-4-20(24)43-16-7-5-14(6-8-16)27(40)41/h5-13,20H,2-4H2,1H3,(H,40,41)/t13-,20-/m0/s1. The minimum Gasteiger partial charge on any atom is -0.484 e. The summed E-state index contributed by atoms with van der Waals surface area (Å²) in [6.07, 6.45) is -9.62. The van der Waals surface area contributed by atoms with Crippen molar-refractivity contribution in [1.82, 2.24) is 14.8 Å². The topological polar surface area (TPSA) is 105 Å². The molecule has 0 saturated heterocycles. The zero-order chi connectivity index (χ0) is 32.3. The van der Waals surface area contributed by atoms with Crippen LogP contribution in [-0.4, -0.2) is 32.1 Å². The van der Waals surface area contributed by atoms with Gasteiger partial charge in [-0.3, -0.25) is 0 Å². The van der Waals surface area contributed by atoms with Crippen molar-refractivity contribution in [2.24, 2.45) is 0 Å². The summed E-state index contributed by atoms with van der Waals surface area (Å²) in [4.78, 5) is 14.8. The molecule has 0 bridgehead atoms. The highest BCUT2D eigenvalue weighted by Gasteiger charge is 2.45. The number of fused-ring (bicyclic) bond motifs is 2. The number of aromatic carboxylic acids is 1. The van der Waals surface area contributed by atoms with Crippen LogP contribution in [0.4, 0.5) is 30.7 Å². The number of carbonyl (C=O) groups is 1. The molecule has 1 N–H and O–H groups in total. The van der Waals surface area contributed by atoms with Crippen LogP contribution in [0.15, 0.2) is 48.7 Å². The van der Waals surface area contributed by atoms with E-state index in [1.54, 1.807) is 0 Å². The zero-order valence-electron chi connectivity index (χ0n) is 22.9. The first-order valence-corrected chi connectivity index (χ1v) is 13.3. The molecule has 9 nitrogen and oxygen atoms in total. The number of hydrogen-bond acceptors (Lipinski definition) is 7. The molecule has 236 valence electrons. The second kappa shape index (κ2) is 10.9. The fourth-order valence-electron chi connectivity index (χ4n) is 5.19. The summed E-state index contributed by atoms with van der Waals surface area (Å²) in [5.74, 6) is -4.84. The summed E-state index contributed by atoms with van der Waals surface area (Å²) in [6, 6.07) is 7.86. The van der Waals surface area contributed by atoms with Gasteiger partial charge in [-0.1, -0.05) is 0 Å². The number of benzene rings is 2. The van der Waals surface area contributed by atoms with E-state index in [2.05, 4.69) is 19.6 Å². The Balaban J connectivity index is 1.35. The Morgan fingerprint density at radius 3 is 2.47 bits per heavy atom. The first-order chi connectivity index (χ1) is 21.2. The molecule has 6 rings (SSSR count). The van der Waals surface area contributed by atoms with Gasteiger partial charge in [0, 0.05) is 23.3 Å². The number of hydrogen-bond donors (Lipinski definition) is 1. The maximum absolute atomic E-state index is 14.8. The number of rotatable bonds is 7. The molecule has 0 saturated carbocycles. The zero-order valence-corrected chi connectivity index (χ0v) is 22.9. The van der Waals surface area contributed by atoms with Gasteiger partial charge < -0.3 is 24.1 Å².